The van der Waals surface area contributed by atoms with Gasteiger partial charge in [0.1, 0.15) is 12.7 Å². The van der Waals surface area contributed by atoms with Crippen LogP contribution in [-0.2, 0) is 38.1 Å². The van der Waals surface area contributed by atoms with Crippen molar-refractivity contribution in [3.63, 3.8) is 0 Å². The smallest absolute Gasteiger partial charge is 0.463 e. The molecule has 1 aliphatic heterocycles. The molecule has 0 aromatic heterocycles. The predicted octanol–water partition coefficient (Wildman–Crippen LogP) is 0.440. The molecule has 136 valence electrons. The zero-order valence-electron chi connectivity index (χ0n) is 13.1. The maximum absolute atomic E-state index is 11.3. The molecular formula is C13H17ClO10. The first-order valence-electron chi connectivity index (χ1n) is 6.78. The van der Waals surface area contributed by atoms with Gasteiger partial charge in [0.15, 0.2) is 23.9 Å². The fourth-order valence-electron chi connectivity index (χ4n) is 2.10. The third kappa shape index (κ3) is 5.85. The van der Waals surface area contributed by atoms with Gasteiger partial charge in [0.25, 0.3) is 0 Å². The standard InChI is InChI=1S/C13H17ClO10/c1-5(15)20-4-8-9(21-6(2)16)10(22-7(3)17)11(12(14)23-8)24-13(18)19/h8-12H,4H2,1-3H3,(H,18,19)/t8?,9-,10?,11+,12-/m1/s1. The molecule has 24 heavy (non-hydrogen) atoms. The van der Waals surface area contributed by atoms with Crippen LogP contribution in [0.4, 0.5) is 4.79 Å². The molecule has 2 unspecified atom stereocenters. The minimum atomic E-state index is -1.69. The van der Waals surface area contributed by atoms with Crippen molar-refractivity contribution < 1.29 is 48.0 Å². The van der Waals surface area contributed by atoms with Crippen LogP contribution in [0.5, 0.6) is 0 Å². The summed E-state index contributed by atoms with van der Waals surface area (Å²) < 4.78 is 24.8. The van der Waals surface area contributed by atoms with Crippen LogP contribution in [-0.4, -0.2) is 65.8 Å². The Labute approximate surface area is 141 Å². The molecule has 0 saturated carbocycles. The van der Waals surface area contributed by atoms with Crippen molar-refractivity contribution in [3.05, 3.63) is 0 Å². The molecule has 0 spiro atoms. The number of hydrogen-bond acceptors (Lipinski definition) is 9. The number of esters is 3. The van der Waals surface area contributed by atoms with Gasteiger partial charge in [-0.15, -0.1) is 0 Å². The molecule has 0 amide bonds. The highest BCUT2D eigenvalue weighted by atomic mass is 35.5. The molecule has 1 heterocycles. The van der Waals surface area contributed by atoms with Crippen molar-refractivity contribution in [3.8, 4) is 0 Å². The zero-order chi connectivity index (χ0) is 18.4. The van der Waals surface area contributed by atoms with Gasteiger partial charge in [-0.05, 0) is 0 Å². The molecule has 0 aromatic rings. The molecular weight excluding hydrogens is 352 g/mol. The summed E-state index contributed by atoms with van der Waals surface area (Å²) in [5, 5.41) is 8.79. The second-order valence-corrected chi connectivity index (χ2v) is 5.25. The molecule has 1 saturated heterocycles. The molecule has 0 aromatic carbocycles. The van der Waals surface area contributed by atoms with Crippen molar-refractivity contribution in [1.82, 2.24) is 0 Å². The van der Waals surface area contributed by atoms with E-state index in [4.69, 9.17) is 35.7 Å². The van der Waals surface area contributed by atoms with Gasteiger partial charge in [0.05, 0.1) is 0 Å². The Morgan fingerprint density at radius 2 is 1.46 bits per heavy atom. The lowest BCUT2D eigenvalue weighted by molar-refractivity contribution is -0.234. The number of halogens is 1. The maximum Gasteiger partial charge on any atom is 0.506 e. The summed E-state index contributed by atoms with van der Waals surface area (Å²) >= 11 is 5.93. The van der Waals surface area contributed by atoms with E-state index in [1.54, 1.807) is 0 Å². The highest BCUT2D eigenvalue weighted by Crippen LogP contribution is 2.30. The molecule has 0 radical (unpaired) electrons. The molecule has 1 aliphatic rings. The summed E-state index contributed by atoms with van der Waals surface area (Å²) in [5.74, 6) is -2.16. The topological polar surface area (TPSA) is 135 Å². The van der Waals surface area contributed by atoms with Crippen LogP contribution in [0, 0.1) is 0 Å². The summed E-state index contributed by atoms with van der Waals surface area (Å²) in [6.45, 7) is 2.96. The lowest BCUT2D eigenvalue weighted by Gasteiger charge is -2.42. The first kappa shape index (κ1) is 20.0. The van der Waals surface area contributed by atoms with Gasteiger partial charge in [0.2, 0.25) is 0 Å². The van der Waals surface area contributed by atoms with Crippen LogP contribution in [0.25, 0.3) is 0 Å². The Hall–Kier alpha value is -2.07. The quantitative estimate of drug-likeness (QED) is 0.413. The Bertz CT molecular complexity index is 507. The molecule has 1 N–H and O–H groups in total. The summed E-state index contributed by atoms with van der Waals surface area (Å²) in [6.07, 6.45) is -6.89. The number of carbonyl (C=O) groups excluding carboxylic acids is 3. The van der Waals surface area contributed by atoms with Crippen molar-refractivity contribution in [2.24, 2.45) is 0 Å². The number of ether oxygens (including phenoxy) is 5. The minimum Gasteiger partial charge on any atom is -0.463 e. The number of carbonyl (C=O) groups is 4. The van der Waals surface area contributed by atoms with Gasteiger partial charge in [0, 0.05) is 20.8 Å². The van der Waals surface area contributed by atoms with Crippen molar-refractivity contribution in [2.45, 2.75) is 50.8 Å². The van der Waals surface area contributed by atoms with Crippen LogP contribution in [0.2, 0.25) is 0 Å². The predicted molar refractivity (Wildman–Crippen MR) is 75.2 cm³/mol. The Balaban J connectivity index is 3.11. The second-order valence-electron chi connectivity index (χ2n) is 4.82. The van der Waals surface area contributed by atoms with Crippen molar-refractivity contribution >= 4 is 35.7 Å². The Morgan fingerprint density at radius 3 is 1.92 bits per heavy atom. The first-order chi connectivity index (χ1) is 11.1. The molecule has 0 bridgehead atoms. The van der Waals surface area contributed by atoms with Crippen LogP contribution >= 0.6 is 11.6 Å². The molecule has 11 heteroatoms. The van der Waals surface area contributed by atoms with E-state index in [2.05, 4.69) is 4.74 Å². The minimum absolute atomic E-state index is 0.353. The molecule has 0 aliphatic carbocycles. The van der Waals surface area contributed by atoms with E-state index < -0.39 is 54.0 Å². The van der Waals surface area contributed by atoms with Crippen LogP contribution < -0.4 is 0 Å². The fourth-order valence-corrected chi connectivity index (χ4v) is 2.43. The molecule has 10 nitrogen and oxygen atoms in total. The maximum atomic E-state index is 11.3. The van der Waals surface area contributed by atoms with Gasteiger partial charge in [-0.3, -0.25) is 14.4 Å². The van der Waals surface area contributed by atoms with Gasteiger partial charge in [-0.25, -0.2) is 4.79 Å². The highest BCUT2D eigenvalue weighted by molar-refractivity contribution is 6.20. The normalized spacial score (nSPS) is 29.2. The van der Waals surface area contributed by atoms with Gasteiger partial charge < -0.3 is 28.8 Å². The number of rotatable bonds is 5. The van der Waals surface area contributed by atoms with Crippen molar-refractivity contribution in [1.29, 1.82) is 0 Å². The molecule has 5 atom stereocenters. The van der Waals surface area contributed by atoms with E-state index in [0.29, 0.717) is 0 Å². The van der Waals surface area contributed by atoms with Gasteiger partial charge in [-0.1, -0.05) is 11.6 Å². The van der Waals surface area contributed by atoms with Crippen LogP contribution in [0.1, 0.15) is 20.8 Å². The fraction of sp³-hybridized carbons (Fsp3) is 0.692. The van der Waals surface area contributed by atoms with E-state index in [1.807, 2.05) is 0 Å². The average Bonchev–Trinajstić information content (AvgIpc) is 2.42. The number of alkyl halides is 1. The lowest BCUT2D eigenvalue weighted by Crippen LogP contribution is -2.61. The van der Waals surface area contributed by atoms with E-state index in [0.717, 1.165) is 20.8 Å². The largest absolute Gasteiger partial charge is 0.506 e. The zero-order valence-corrected chi connectivity index (χ0v) is 13.8. The summed E-state index contributed by atoms with van der Waals surface area (Å²) in [6, 6.07) is 0. The summed E-state index contributed by atoms with van der Waals surface area (Å²) in [4.78, 5) is 44.4. The van der Waals surface area contributed by atoms with E-state index in [1.165, 1.54) is 0 Å². The third-order valence-electron chi connectivity index (χ3n) is 2.87. The summed E-state index contributed by atoms with van der Waals surface area (Å²) in [7, 11) is 0. The SMILES string of the molecule is CC(=O)OCC1O[C@@H](Cl)[C@@H](OC(=O)O)C(OC(C)=O)[C@@H]1OC(C)=O. The van der Waals surface area contributed by atoms with Crippen molar-refractivity contribution in [2.75, 3.05) is 6.61 Å². The van der Waals surface area contributed by atoms with Gasteiger partial charge in [-0.2, -0.15) is 0 Å². The third-order valence-corrected chi connectivity index (χ3v) is 3.22. The van der Waals surface area contributed by atoms with E-state index in [9.17, 15) is 19.2 Å². The Morgan fingerprint density at radius 1 is 0.917 bits per heavy atom. The monoisotopic (exact) mass is 368 g/mol. The molecule has 1 fully saturated rings. The second kappa shape index (κ2) is 8.69. The highest BCUT2D eigenvalue weighted by Gasteiger charge is 2.51. The lowest BCUT2D eigenvalue weighted by atomic mass is 9.99. The number of carboxylic acid groups (broad SMARTS) is 1. The van der Waals surface area contributed by atoms with E-state index in [-0.39, 0.29) is 6.61 Å². The van der Waals surface area contributed by atoms with E-state index >= 15 is 0 Å². The summed E-state index contributed by atoms with van der Waals surface area (Å²) in [5.41, 5.74) is -1.36. The average molecular weight is 369 g/mol. The number of hydrogen-bond donors (Lipinski definition) is 1. The van der Waals surface area contributed by atoms with Crippen LogP contribution in [0.15, 0.2) is 0 Å². The van der Waals surface area contributed by atoms with Gasteiger partial charge >= 0.3 is 24.1 Å². The first-order valence-corrected chi connectivity index (χ1v) is 7.22. The van der Waals surface area contributed by atoms with Crippen LogP contribution in [0.3, 0.4) is 0 Å². The molecule has 1 rings (SSSR count). The Kier molecular flexibility index (Phi) is 7.23.